The lowest BCUT2D eigenvalue weighted by atomic mass is 9.85. The predicted octanol–water partition coefficient (Wildman–Crippen LogP) is 0.0845. The topological polar surface area (TPSA) is 108 Å². The Balaban J connectivity index is 1.57. The van der Waals surface area contributed by atoms with Gasteiger partial charge in [0.15, 0.2) is 0 Å². The summed E-state index contributed by atoms with van der Waals surface area (Å²) in [5.74, 6) is -0.902. The van der Waals surface area contributed by atoms with Crippen molar-refractivity contribution in [2.24, 2.45) is 11.8 Å². The van der Waals surface area contributed by atoms with Crippen LogP contribution in [0.5, 0.6) is 0 Å². The van der Waals surface area contributed by atoms with E-state index >= 15 is 0 Å². The van der Waals surface area contributed by atoms with Crippen LogP contribution >= 0.6 is 0 Å². The second-order valence-electron chi connectivity index (χ2n) is 5.12. The first-order valence-corrected chi connectivity index (χ1v) is 6.82. The van der Waals surface area contributed by atoms with Crippen molar-refractivity contribution in [1.82, 2.24) is 20.1 Å². The molecule has 1 fully saturated rings. The molecule has 2 N–H and O–H groups in total. The molecule has 0 unspecified atom stereocenters. The van der Waals surface area contributed by atoms with Crippen LogP contribution in [-0.4, -0.2) is 44.3 Å². The molecule has 1 saturated heterocycles. The minimum Gasteiger partial charge on any atom is -0.295 e. The molecular weight excluding hydrogens is 274 g/mol. The van der Waals surface area contributed by atoms with E-state index in [1.165, 1.54) is 11.2 Å². The molecule has 0 saturated carbocycles. The summed E-state index contributed by atoms with van der Waals surface area (Å²) >= 11 is 0. The number of fused-ring (bicyclic) bond motifs is 1. The SMILES string of the molecule is O=C(CCN1C(=O)[C@H]2CC=CC[C@H]2C1=O)Nc1ncn[nH]1. The third-order valence-electron chi connectivity index (χ3n) is 3.83. The molecule has 3 rings (SSSR count). The lowest BCUT2D eigenvalue weighted by molar-refractivity contribution is -0.140. The number of nitrogens with zero attached hydrogens (tertiary/aromatic N) is 3. The van der Waals surface area contributed by atoms with Gasteiger partial charge in [0.05, 0.1) is 11.8 Å². The molecule has 21 heavy (non-hydrogen) atoms. The zero-order valence-electron chi connectivity index (χ0n) is 11.3. The van der Waals surface area contributed by atoms with Crippen LogP contribution in [0.15, 0.2) is 18.5 Å². The highest BCUT2D eigenvalue weighted by Crippen LogP contribution is 2.34. The van der Waals surface area contributed by atoms with Gasteiger partial charge in [-0.05, 0) is 12.8 Å². The molecule has 0 aromatic carbocycles. The largest absolute Gasteiger partial charge is 0.295 e. The molecule has 0 spiro atoms. The molecule has 2 aliphatic rings. The van der Waals surface area contributed by atoms with E-state index in [9.17, 15) is 14.4 Å². The van der Waals surface area contributed by atoms with Gasteiger partial charge in [0.2, 0.25) is 23.7 Å². The summed E-state index contributed by atoms with van der Waals surface area (Å²) in [4.78, 5) is 41.1. The molecule has 1 aromatic rings. The van der Waals surface area contributed by atoms with Gasteiger partial charge >= 0.3 is 0 Å². The van der Waals surface area contributed by atoms with Crippen LogP contribution in [0.25, 0.3) is 0 Å². The molecule has 1 aliphatic carbocycles. The Labute approximate surface area is 120 Å². The Bertz CT molecular complexity index is 569. The number of carbonyl (C=O) groups excluding carboxylic acids is 3. The molecule has 1 aliphatic heterocycles. The van der Waals surface area contributed by atoms with Crippen molar-refractivity contribution < 1.29 is 14.4 Å². The quantitative estimate of drug-likeness (QED) is 0.603. The molecule has 3 amide bonds. The van der Waals surface area contributed by atoms with Crippen molar-refractivity contribution in [3.05, 3.63) is 18.5 Å². The van der Waals surface area contributed by atoms with E-state index in [0.717, 1.165) is 0 Å². The minimum atomic E-state index is -0.319. The van der Waals surface area contributed by atoms with E-state index in [2.05, 4.69) is 20.5 Å². The average molecular weight is 289 g/mol. The van der Waals surface area contributed by atoms with Gasteiger partial charge in [-0.15, -0.1) is 0 Å². The highest BCUT2D eigenvalue weighted by molar-refractivity contribution is 6.05. The summed E-state index contributed by atoms with van der Waals surface area (Å²) in [5.41, 5.74) is 0. The lowest BCUT2D eigenvalue weighted by Gasteiger charge is -2.14. The first-order valence-electron chi connectivity index (χ1n) is 6.82. The molecule has 1 aromatic heterocycles. The number of allylic oxidation sites excluding steroid dienone is 2. The van der Waals surface area contributed by atoms with Crippen LogP contribution in [0.3, 0.4) is 0 Å². The molecule has 0 bridgehead atoms. The second kappa shape index (κ2) is 5.47. The van der Waals surface area contributed by atoms with Crippen molar-refractivity contribution in [2.75, 3.05) is 11.9 Å². The lowest BCUT2D eigenvalue weighted by Crippen LogP contribution is -2.34. The summed E-state index contributed by atoms with van der Waals surface area (Å²) in [6, 6.07) is 0. The van der Waals surface area contributed by atoms with Crippen molar-refractivity contribution in [3.63, 3.8) is 0 Å². The van der Waals surface area contributed by atoms with Crippen LogP contribution in [0.1, 0.15) is 19.3 Å². The highest BCUT2D eigenvalue weighted by Gasteiger charge is 2.46. The molecule has 2 heterocycles. The van der Waals surface area contributed by atoms with Crippen LogP contribution in [0.4, 0.5) is 5.95 Å². The molecule has 2 atom stereocenters. The summed E-state index contributed by atoms with van der Waals surface area (Å²) in [7, 11) is 0. The number of aromatic amines is 1. The number of imide groups is 1. The molecule has 8 nitrogen and oxygen atoms in total. The first kappa shape index (κ1) is 13.5. The number of carbonyl (C=O) groups is 3. The standard InChI is InChI=1S/C13H15N5O3/c19-10(16-13-14-7-15-17-13)5-6-18-11(20)8-3-1-2-4-9(8)12(18)21/h1-2,7-9H,3-6H2,(H2,14,15,16,17,19)/t8-,9+. The van der Waals surface area contributed by atoms with Crippen LogP contribution in [0.2, 0.25) is 0 Å². The van der Waals surface area contributed by atoms with Crippen LogP contribution in [-0.2, 0) is 14.4 Å². The number of aromatic nitrogens is 3. The fourth-order valence-electron chi connectivity index (χ4n) is 2.76. The molecule has 8 heteroatoms. The maximum atomic E-state index is 12.2. The predicted molar refractivity (Wildman–Crippen MR) is 71.7 cm³/mol. The zero-order chi connectivity index (χ0) is 14.8. The smallest absolute Gasteiger partial charge is 0.233 e. The number of anilines is 1. The fraction of sp³-hybridized carbons (Fsp3) is 0.462. The van der Waals surface area contributed by atoms with E-state index in [4.69, 9.17) is 0 Å². The number of H-pyrrole nitrogens is 1. The number of hydrogen-bond acceptors (Lipinski definition) is 5. The molecule has 0 radical (unpaired) electrons. The van der Waals surface area contributed by atoms with Crippen molar-refractivity contribution in [1.29, 1.82) is 0 Å². The molecule has 110 valence electrons. The van der Waals surface area contributed by atoms with Gasteiger partial charge in [0.1, 0.15) is 6.33 Å². The van der Waals surface area contributed by atoms with Gasteiger partial charge in [-0.1, -0.05) is 12.2 Å². The average Bonchev–Trinajstić information content (AvgIpc) is 3.07. The van der Waals surface area contributed by atoms with Crippen LogP contribution in [0, 0.1) is 11.8 Å². The number of amides is 3. The highest BCUT2D eigenvalue weighted by atomic mass is 16.2. The summed E-state index contributed by atoms with van der Waals surface area (Å²) in [6.45, 7) is 0.102. The van der Waals surface area contributed by atoms with Crippen molar-refractivity contribution >= 4 is 23.7 Å². The van der Waals surface area contributed by atoms with Gasteiger partial charge in [-0.25, -0.2) is 5.10 Å². The normalized spacial score (nSPS) is 24.3. The van der Waals surface area contributed by atoms with E-state index in [1.807, 2.05) is 12.2 Å². The second-order valence-corrected chi connectivity index (χ2v) is 5.12. The van der Waals surface area contributed by atoms with E-state index in [1.54, 1.807) is 0 Å². The summed E-state index contributed by atoms with van der Waals surface area (Å²) in [5, 5.41) is 8.62. The van der Waals surface area contributed by atoms with Gasteiger partial charge < -0.3 is 0 Å². The third-order valence-corrected chi connectivity index (χ3v) is 3.83. The monoisotopic (exact) mass is 289 g/mol. The Kier molecular flexibility index (Phi) is 3.51. The van der Waals surface area contributed by atoms with Crippen molar-refractivity contribution in [2.45, 2.75) is 19.3 Å². The number of likely N-dealkylation sites (tertiary alicyclic amines) is 1. The number of nitrogens with one attached hydrogen (secondary N) is 2. The van der Waals surface area contributed by atoms with E-state index in [-0.39, 0.29) is 48.5 Å². The van der Waals surface area contributed by atoms with Gasteiger partial charge in [0.25, 0.3) is 0 Å². The third kappa shape index (κ3) is 2.56. The van der Waals surface area contributed by atoms with Crippen LogP contribution < -0.4 is 5.32 Å². The van der Waals surface area contributed by atoms with Gasteiger partial charge in [-0.2, -0.15) is 10.1 Å². The molecular formula is C13H15N5O3. The Hall–Kier alpha value is -2.51. The first-order chi connectivity index (χ1) is 10.2. The van der Waals surface area contributed by atoms with E-state index in [0.29, 0.717) is 12.8 Å². The maximum absolute atomic E-state index is 12.2. The van der Waals surface area contributed by atoms with Crippen molar-refractivity contribution in [3.8, 4) is 0 Å². The van der Waals surface area contributed by atoms with E-state index < -0.39 is 0 Å². The number of rotatable bonds is 4. The maximum Gasteiger partial charge on any atom is 0.233 e. The Morgan fingerprint density at radius 1 is 1.29 bits per heavy atom. The zero-order valence-corrected chi connectivity index (χ0v) is 11.3. The van der Waals surface area contributed by atoms with Gasteiger partial charge in [-0.3, -0.25) is 24.6 Å². The minimum absolute atomic E-state index is 0.0467. The Morgan fingerprint density at radius 3 is 2.52 bits per heavy atom. The summed E-state index contributed by atoms with van der Waals surface area (Å²) in [6.07, 6.45) is 6.41. The Morgan fingerprint density at radius 2 is 1.95 bits per heavy atom. The number of hydrogen-bond donors (Lipinski definition) is 2. The van der Waals surface area contributed by atoms with Gasteiger partial charge in [0, 0.05) is 13.0 Å². The fourth-order valence-corrected chi connectivity index (χ4v) is 2.76. The summed E-state index contributed by atoms with van der Waals surface area (Å²) < 4.78 is 0.